The van der Waals surface area contributed by atoms with Gasteiger partial charge < -0.3 is 5.32 Å². The van der Waals surface area contributed by atoms with E-state index in [2.05, 4.69) is 74.8 Å². The number of nitrogens with one attached hydrogen (secondary N) is 1. The van der Waals surface area contributed by atoms with E-state index in [0.717, 1.165) is 18.7 Å². The van der Waals surface area contributed by atoms with Crippen LogP contribution in [0.4, 0.5) is 0 Å². The molecule has 0 atom stereocenters. The molecule has 3 heteroatoms. The Balaban J connectivity index is 2.35. The minimum atomic E-state index is 0.118. The van der Waals surface area contributed by atoms with Gasteiger partial charge in [-0.2, -0.15) is 5.10 Å². The molecule has 0 spiro atoms. The quantitative estimate of drug-likeness (QED) is 0.922. The van der Waals surface area contributed by atoms with E-state index in [-0.39, 0.29) is 5.54 Å². The highest BCUT2D eigenvalue weighted by Gasteiger charge is 2.14. The van der Waals surface area contributed by atoms with Crippen molar-refractivity contribution in [1.29, 1.82) is 0 Å². The van der Waals surface area contributed by atoms with Gasteiger partial charge in [-0.3, -0.25) is 0 Å². The van der Waals surface area contributed by atoms with Crippen LogP contribution in [0, 0.1) is 13.8 Å². The predicted octanol–water partition coefficient (Wildman–Crippen LogP) is 3.94. The smallest absolute Gasteiger partial charge is 0.0654 e. The molecular formula is C18H27N3. The maximum absolute atomic E-state index is 4.62. The highest BCUT2D eigenvalue weighted by molar-refractivity contribution is 5.41. The van der Waals surface area contributed by atoms with Gasteiger partial charge in [0.25, 0.3) is 0 Å². The Morgan fingerprint density at radius 2 is 1.71 bits per heavy atom. The molecule has 0 saturated carbocycles. The Morgan fingerprint density at radius 1 is 1.10 bits per heavy atom. The fourth-order valence-electron chi connectivity index (χ4n) is 2.59. The molecule has 3 nitrogen and oxygen atoms in total. The second-order valence-corrected chi connectivity index (χ2v) is 6.83. The molecule has 2 rings (SSSR count). The van der Waals surface area contributed by atoms with Crippen LogP contribution in [-0.4, -0.2) is 15.3 Å². The Morgan fingerprint density at radius 3 is 2.24 bits per heavy atom. The number of nitrogens with zero attached hydrogens (tertiary/aromatic N) is 2. The molecule has 0 aliphatic rings. The lowest BCUT2D eigenvalue weighted by atomic mass is 10.1. The summed E-state index contributed by atoms with van der Waals surface area (Å²) in [6.45, 7) is 13.9. The van der Waals surface area contributed by atoms with E-state index < -0.39 is 0 Å². The summed E-state index contributed by atoms with van der Waals surface area (Å²) in [6.07, 6.45) is 2.98. The first-order chi connectivity index (χ1) is 9.80. The third-order valence-electron chi connectivity index (χ3n) is 3.55. The van der Waals surface area contributed by atoms with E-state index in [1.165, 1.54) is 22.4 Å². The van der Waals surface area contributed by atoms with E-state index in [0.29, 0.717) is 0 Å². The lowest BCUT2D eigenvalue weighted by Crippen LogP contribution is -2.35. The summed E-state index contributed by atoms with van der Waals surface area (Å²) in [5, 5.41) is 8.16. The number of aryl methyl sites for hydroxylation is 2. The molecule has 0 unspecified atom stereocenters. The fourth-order valence-corrected chi connectivity index (χ4v) is 2.59. The van der Waals surface area contributed by atoms with Crippen molar-refractivity contribution in [3.63, 3.8) is 0 Å². The van der Waals surface area contributed by atoms with Crippen LogP contribution in [0.3, 0.4) is 0 Å². The molecule has 0 saturated heterocycles. The van der Waals surface area contributed by atoms with Gasteiger partial charge in [0.15, 0.2) is 0 Å². The Labute approximate surface area is 128 Å². The molecule has 1 N–H and O–H groups in total. The van der Waals surface area contributed by atoms with Crippen molar-refractivity contribution >= 4 is 0 Å². The van der Waals surface area contributed by atoms with E-state index in [4.69, 9.17) is 0 Å². The van der Waals surface area contributed by atoms with Crippen LogP contribution in [-0.2, 0) is 13.0 Å². The second-order valence-electron chi connectivity index (χ2n) is 6.83. The predicted molar refractivity (Wildman–Crippen MR) is 89.0 cm³/mol. The molecule has 1 aromatic heterocycles. The molecule has 0 amide bonds. The summed E-state index contributed by atoms with van der Waals surface area (Å²) >= 11 is 0. The van der Waals surface area contributed by atoms with Gasteiger partial charge in [0, 0.05) is 23.3 Å². The van der Waals surface area contributed by atoms with Gasteiger partial charge in [0.05, 0.1) is 11.9 Å². The highest BCUT2D eigenvalue weighted by Crippen LogP contribution is 2.19. The molecule has 21 heavy (non-hydrogen) atoms. The first kappa shape index (κ1) is 15.8. The number of hydrogen-bond acceptors (Lipinski definition) is 2. The minimum absolute atomic E-state index is 0.118. The standard InChI is InChI=1S/C18H27N3/c1-7-17-15(11-19-18(4,5)6)12-20-21(17)16-9-13(2)8-14(3)10-16/h8-10,12,19H,7,11H2,1-6H3. The molecule has 1 heterocycles. The third-order valence-corrected chi connectivity index (χ3v) is 3.55. The van der Waals surface area contributed by atoms with Crippen molar-refractivity contribution in [1.82, 2.24) is 15.1 Å². The maximum atomic E-state index is 4.62. The molecule has 0 fully saturated rings. The second kappa shape index (κ2) is 6.02. The van der Waals surface area contributed by atoms with Gasteiger partial charge in [-0.15, -0.1) is 0 Å². The summed E-state index contributed by atoms with van der Waals surface area (Å²) < 4.78 is 2.08. The van der Waals surface area contributed by atoms with Crippen LogP contribution in [0.15, 0.2) is 24.4 Å². The molecule has 0 bridgehead atoms. The van der Waals surface area contributed by atoms with Gasteiger partial charge >= 0.3 is 0 Å². The molecule has 0 aliphatic heterocycles. The zero-order valence-corrected chi connectivity index (χ0v) is 14.1. The van der Waals surface area contributed by atoms with E-state index in [9.17, 15) is 0 Å². The number of hydrogen-bond donors (Lipinski definition) is 1. The third kappa shape index (κ3) is 3.94. The lowest BCUT2D eigenvalue weighted by Gasteiger charge is -2.20. The maximum Gasteiger partial charge on any atom is 0.0654 e. The number of rotatable bonds is 4. The Kier molecular flexibility index (Phi) is 4.52. The molecule has 1 aromatic carbocycles. The topological polar surface area (TPSA) is 29.9 Å². The van der Waals surface area contributed by atoms with Gasteiger partial charge in [-0.25, -0.2) is 4.68 Å². The average Bonchev–Trinajstić information content (AvgIpc) is 2.77. The normalized spacial score (nSPS) is 11.9. The number of aromatic nitrogens is 2. The largest absolute Gasteiger partial charge is 0.308 e. The minimum Gasteiger partial charge on any atom is -0.308 e. The molecule has 0 aliphatic carbocycles. The first-order valence-electron chi connectivity index (χ1n) is 7.69. The molecular weight excluding hydrogens is 258 g/mol. The van der Waals surface area contributed by atoms with Crippen molar-refractivity contribution < 1.29 is 0 Å². The summed E-state index contributed by atoms with van der Waals surface area (Å²) in [4.78, 5) is 0. The zero-order chi connectivity index (χ0) is 15.6. The summed E-state index contributed by atoms with van der Waals surface area (Å²) in [5.74, 6) is 0. The fraction of sp³-hybridized carbons (Fsp3) is 0.500. The van der Waals surface area contributed by atoms with E-state index in [1.807, 2.05) is 6.20 Å². The van der Waals surface area contributed by atoms with Crippen molar-refractivity contribution in [2.24, 2.45) is 0 Å². The number of benzene rings is 1. The van der Waals surface area contributed by atoms with Gasteiger partial charge in [-0.1, -0.05) is 13.0 Å². The van der Waals surface area contributed by atoms with Crippen molar-refractivity contribution in [3.05, 3.63) is 46.8 Å². The molecule has 114 valence electrons. The highest BCUT2D eigenvalue weighted by atomic mass is 15.3. The Hall–Kier alpha value is -1.61. The van der Waals surface area contributed by atoms with Crippen LogP contribution < -0.4 is 5.32 Å². The SMILES string of the molecule is CCc1c(CNC(C)(C)C)cnn1-c1cc(C)cc(C)c1. The van der Waals surface area contributed by atoms with E-state index >= 15 is 0 Å². The summed E-state index contributed by atoms with van der Waals surface area (Å²) in [5.41, 5.74) is 6.40. The molecule has 0 radical (unpaired) electrons. The summed E-state index contributed by atoms with van der Waals surface area (Å²) in [6, 6.07) is 6.58. The Bertz CT molecular complexity index is 598. The van der Waals surface area contributed by atoms with Crippen molar-refractivity contribution in [2.75, 3.05) is 0 Å². The van der Waals surface area contributed by atoms with Crippen molar-refractivity contribution in [2.45, 2.75) is 60.0 Å². The van der Waals surface area contributed by atoms with Crippen LogP contribution in [0.25, 0.3) is 5.69 Å². The lowest BCUT2D eigenvalue weighted by molar-refractivity contribution is 0.423. The van der Waals surface area contributed by atoms with Crippen molar-refractivity contribution in [3.8, 4) is 5.69 Å². The zero-order valence-electron chi connectivity index (χ0n) is 14.1. The monoisotopic (exact) mass is 285 g/mol. The average molecular weight is 285 g/mol. The van der Waals surface area contributed by atoms with Gasteiger partial charge in [0.2, 0.25) is 0 Å². The summed E-state index contributed by atoms with van der Waals surface area (Å²) in [7, 11) is 0. The first-order valence-corrected chi connectivity index (χ1v) is 7.69. The van der Waals surface area contributed by atoms with Crippen LogP contribution >= 0.6 is 0 Å². The van der Waals surface area contributed by atoms with Crippen LogP contribution in [0.5, 0.6) is 0 Å². The van der Waals surface area contributed by atoms with Gasteiger partial charge in [0.1, 0.15) is 0 Å². The van der Waals surface area contributed by atoms with Crippen LogP contribution in [0.1, 0.15) is 50.1 Å². The van der Waals surface area contributed by atoms with Crippen LogP contribution in [0.2, 0.25) is 0 Å². The van der Waals surface area contributed by atoms with E-state index in [1.54, 1.807) is 0 Å². The van der Waals surface area contributed by atoms with Gasteiger partial charge in [-0.05, 0) is 64.3 Å². The molecule has 2 aromatic rings.